The van der Waals surface area contributed by atoms with Crippen LogP contribution in [0.4, 0.5) is 0 Å². The predicted molar refractivity (Wildman–Crippen MR) is 315 cm³/mol. The molecule has 6 N–H and O–H groups in total. The van der Waals surface area contributed by atoms with Crippen LogP contribution in [0.1, 0.15) is 239 Å². The van der Waals surface area contributed by atoms with Crippen molar-refractivity contribution in [2.75, 3.05) is 13.2 Å². The Morgan fingerprint density at radius 1 is 0.539 bits per heavy atom. The Balaban J connectivity index is 2.70. The van der Waals surface area contributed by atoms with Crippen LogP contribution in [0.25, 0.3) is 0 Å². The summed E-state index contributed by atoms with van der Waals surface area (Å²) in [7, 11) is 0. The van der Waals surface area contributed by atoms with Gasteiger partial charge in [0, 0.05) is 6.42 Å². The average Bonchev–Trinajstić information content (AvgIpc) is 3.42. The van der Waals surface area contributed by atoms with E-state index in [1.165, 1.54) is 70.6 Å². The molecule has 1 saturated heterocycles. The third-order valence-electron chi connectivity index (χ3n) is 13.8. The highest BCUT2D eigenvalue weighted by Crippen LogP contribution is 2.26. The second kappa shape index (κ2) is 52.3. The van der Waals surface area contributed by atoms with E-state index in [0.29, 0.717) is 12.8 Å². The second-order valence-electron chi connectivity index (χ2n) is 20.8. The largest absolute Gasteiger partial charge is 0.454 e. The molecule has 1 aliphatic heterocycles. The van der Waals surface area contributed by atoms with Gasteiger partial charge in [0.05, 0.1) is 25.4 Å². The van der Waals surface area contributed by atoms with Crippen LogP contribution < -0.4 is 5.32 Å². The van der Waals surface area contributed by atoms with Gasteiger partial charge in [0.2, 0.25) is 5.91 Å². The van der Waals surface area contributed by atoms with Gasteiger partial charge in [-0.3, -0.25) is 9.59 Å². The predicted octanol–water partition coefficient (Wildman–Crippen LogP) is 14.3. The Labute approximate surface area is 463 Å². The van der Waals surface area contributed by atoms with Crippen LogP contribution in [0, 0.1) is 0 Å². The van der Waals surface area contributed by atoms with Crippen LogP contribution in [-0.4, -0.2) is 99.6 Å². The van der Waals surface area contributed by atoms with E-state index in [1.807, 2.05) is 18.2 Å². The Morgan fingerprint density at radius 3 is 1.55 bits per heavy atom. The number of aliphatic hydroxyl groups is 5. The lowest BCUT2D eigenvalue weighted by Crippen LogP contribution is -2.61. The lowest BCUT2D eigenvalue weighted by molar-refractivity contribution is -0.305. The number of allylic oxidation sites excluding steroid dienone is 15. The number of rotatable bonds is 50. The van der Waals surface area contributed by atoms with E-state index >= 15 is 0 Å². The zero-order valence-electron chi connectivity index (χ0n) is 48.1. The molecule has 76 heavy (non-hydrogen) atoms. The molecule has 0 spiro atoms. The SMILES string of the molecule is CC/C=C/C=C/C=C/CCCCCCCCC(O)C(=O)NC(COC1OC(CO)C(O)C(O)C1OC(=O)CCCCCCC/C=C\C/C=C\C/C=C\C/C=C\CCCCC)C(O)/C=C/CCCCCCCCCCCC. The fraction of sp³-hybridized carbons (Fsp3) is 0.723. The van der Waals surface area contributed by atoms with Crippen LogP contribution in [0.5, 0.6) is 0 Å². The summed E-state index contributed by atoms with van der Waals surface area (Å²) in [5.41, 5.74) is 0. The summed E-state index contributed by atoms with van der Waals surface area (Å²) < 4.78 is 17.6. The Hall–Kier alpha value is -3.42. The van der Waals surface area contributed by atoms with Crippen molar-refractivity contribution in [3.8, 4) is 0 Å². The first kappa shape index (κ1) is 70.6. The summed E-state index contributed by atoms with van der Waals surface area (Å²) in [4.78, 5) is 26.5. The normalized spacial score (nSPS) is 19.8. The van der Waals surface area contributed by atoms with E-state index < -0.39 is 67.4 Å². The molecule has 1 amide bonds. The van der Waals surface area contributed by atoms with Gasteiger partial charge in [0.1, 0.15) is 24.4 Å². The molecule has 1 heterocycles. The van der Waals surface area contributed by atoms with Crippen molar-refractivity contribution in [1.29, 1.82) is 0 Å². The second-order valence-corrected chi connectivity index (χ2v) is 20.8. The first-order chi connectivity index (χ1) is 37.2. The van der Waals surface area contributed by atoms with Crippen LogP contribution in [0.15, 0.2) is 97.2 Å². The van der Waals surface area contributed by atoms with E-state index in [-0.39, 0.29) is 19.4 Å². The quantitative estimate of drug-likeness (QED) is 0.0149. The molecule has 0 aromatic heterocycles. The highest BCUT2D eigenvalue weighted by molar-refractivity contribution is 5.80. The molecular formula is C65H111NO10. The van der Waals surface area contributed by atoms with Crippen LogP contribution >= 0.6 is 0 Å². The van der Waals surface area contributed by atoms with Gasteiger partial charge in [-0.15, -0.1) is 0 Å². The molecule has 1 rings (SSSR count). The van der Waals surface area contributed by atoms with Gasteiger partial charge in [-0.1, -0.05) is 240 Å². The molecule has 0 bridgehead atoms. The fourth-order valence-corrected chi connectivity index (χ4v) is 8.93. The van der Waals surface area contributed by atoms with Crippen LogP contribution in [-0.2, 0) is 23.8 Å². The highest BCUT2D eigenvalue weighted by atomic mass is 16.7. The lowest BCUT2D eigenvalue weighted by Gasteiger charge is -2.41. The van der Waals surface area contributed by atoms with Gasteiger partial charge < -0.3 is 45.1 Å². The van der Waals surface area contributed by atoms with Crippen molar-refractivity contribution in [3.63, 3.8) is 0 Å². The minimum absolute atomic E-state index is 0.0962. The topological polar surface area (TPSA) is 175 Å². The Bertz CT molecular complexity index is 1600. The van der Waals surface area contributed by atoms with Crippen LogP contribution in [0.3, 0.4) is 0 Å². The smallest absolute Gasteiger partial charge is 0.306 e. The molecule has 0 aromatic carbocycles. The van der Waals surface area contributed by atoms with Crippen molar-refractivity contribution in [1.82, 2.24) is 5.32 Å². The first-order valence-electron chi connectivity index (χ1n) is 30.5. The molecule has 436 valence electrons. The number of carbonyl (C=O) groups excluding carboxylic acids is 2. The van der Waals surface area contributed by atoms with Gasteiger partial charge >= 0.3 is 5.97 Å². The number of unbranched alkanes of at least 4 members (excludes halogenated alkanes) is 24. The zero-order chi connectivity index (χ0) is 55.4. The zero-order valence-corrected chi connectivity index (χ0v) is 48.1. The summed E-state index contributed by atoms with van der Waals surface area (Å²) in [6, 6.07) is -1.04. The summed E-state index contributed by atoms with van der Waals surface area (Å²) in [6.45, 7) is 5.60. The van der Waals surface area contributed by atoms with Gasteiger partial charge in [-0.2, -0.15) is 0 Å². The number of carbonyl (C=O) groups is 2. The van der Waals surface area contributed by atoms with E-state index in [4.69, 9.17) is 14.2 Å². The first-order valence-corrected chi connectivity index (χ1v) is 30.5. The third-order valence-corrected chi connectivity index (χ3v) is 13.8. The molecule has 1 fully saturated rings. The number of ether oxygens (including phenoxy) is 3. The molecule has 8 unspecified atom stereocenters. The lowest BCUT2D eigenvalue weighted by atomic mass is 9.99. The highest BCUT2D eigenvalue weighted by Gasteiger charge is 2.47. The Morgan fingerprint density at radius 2 is 1.00 bits per heavy atom. The monoisotopic (exact) mass is 1070 g/mol. The van der Waals surface area contributed by atoms with E-state index in [9.17, 15) is 35.1 Å². The molecule has 0 aromatic rings. The number of esters is 1. The minimum Gasteiger partial charge on any atom is -0.454 e. The van der Waals surface area contributed by atoms with Gasteiger partial charge in [-0.05, 0) is 89.9 Å². The molecule has 11 nitrogen and oxygen atoms in total. The summed E-state index contributed by atoms with van der Waals surface area (Å²) in [5, 5.41) is 56.9. The van der Waals surface area contributed by atoms with Gasteiger partial charge in [-0.25, -0.2) is 0 Å². The maximum atomic E-state index is 13.4. The molecule has 0 saturated carbocycles. The Kier molecular flexibility index (Phi) is 48.6. The third kappa shape index (κ3) is 39.9. The van der Waals surface area contributed by atoms with Crippen molar-refractivity contribution < 1.29 is 49.3 Å². The van der Waals surface area contributed by atoms with E-state index in [0.717, 1.165) is 122 Å². The number of hydrogen-bond acceptors (Lipinski definition) is 10. The standard InChI is InChI=1S/C65H111NO10/c1-4-7-10-13-16-19-22-25-27-28-29-30-31-32-33-35-38-41-44-47-50-53-60(70)76-63-62(72)61(71)59(54-67)75-65(63)74-55-56(57(68)51-48-45-42-39-36-24-21-18-15-12-9-6-3)66-64(73)58(69)52-49-46-43-40-37-34-26-23-20-17-14-11-8-5-2/h8,11,14,16-17,19-20,23,25,27,29-30,32-33,48,51,56-59,61-63,65,67-69,71-72H,4-7,9-10,12-13,15,18,21-22,24,26,28,31,34-47,49-50,52-55H2,1-3H3,(H,66,73)/b11-8+,17-14+,19-16-,23-20+,27-25-,30-29-,33-32-,51-48+. The molecule has 11 heteroatoms. The van der Waals surface area contributed by atoms with Crippen molar-refractivity contribution in [3.05, 3.63) is 97.2 Å². The average molecular weight is 1070 g/mol. The van der Waals surface area contributed by atoms with Gasteiger partial charge in [0.15, 0.2) is 12.4 Å². The maximum absolute atomic E-state index is 13.4. The summed E-state index contributed by atoms with van der Waals surface area (Å²) >= 11 is 0. The van der Waals surface area contributed by atoms with Crippen LogP contribution in [0.2, 0.25) is 0 Å². The summed E-state index contributed by atoms with van der Waals surface area (Å²) in [6.07, 6.45) is 58.7. The molecular weight excluding hydrogens is 955 g/mol. The maximum Gasteiger partial charge on any atom is 0.306 e. The number of hydrogen-bond donors (Lipinski definition) is 6. The molecule has 8 atom stereocenters. The summed E-state index contributed by atoms with van der Waals surface area (Å²) in [5.74, 6) is -1.23. The molecule has 0 aliphatic carbocycles. The number of amides is 1. The molecule has 0 radical (unpaired) electrons. The fourth-order valence-electron chi connectivity index (χ4n) is 8.93. The number of nitrogens with one attached hydrogen (secondary N) is 1. The number of aliphatic hydroxyl groups excluding tert-OH is 5. The van der Waals surface area contributed by atoms with E-state index in [2.05, 4.69) is 99.0 Å². The molecule has 1 aliphatic rings. The van der Waals surface area contributed by atoms with Crippen molar-refractivity contribution in [2.45, 2.75) is 288 Å². The van der Waals surface area contributed by atoms with Crippen molar-refractivity contribution >= 4 is 11.9 Å². The van der Waals surface area contributed by atoms with E-state index in [1.54, 1.807) is 6.08 Å². The minimum atomic E-state index is -1.63. The van der Waals surface area contributed by atoms with Crippen molar-refractivity contribution in [2.24, 2.45) is 0 Å². The van der Waals surface area contributed by atoms with Gasteiger partial charge in [0.25, 0.3) is 0 Å².